The second-order valence-corrected chi connectivity index (χ2v) is 14.6. The van der Waals surface area contributed by atoms with E-state index in [-0.39, 0.29) is 16.5 Å². The van der Waals surface area contributed by atoms with Crippen LogP contribution in [0.15, 0.2) is 137 Å². The monoisotopic (exact) mass is 745 g/mol. The first kappa shape index (κ1) is 35.0. The Morgan fingerprint density at radius 3 is 2.17 bits per heavy atom. The number of thioether (sulfide) groups is 1. The van der Waals surface area contributed by atoms with E-state index in [1.54, 1.807) is 48.5 Å². The summed E-state index contributed by atoms with van der Waals surface area (Å²) in [5, 5.41) is 21.2. The van der Waals surface area contributed by atoms with E-state index in [9.17, 15) is 14.7 Å². The highest BCUT2D eigenvalue weighted by Gasteiger charge is 2.48. The lowest BCUT2D eigenvalue weighted by molar-refractivity contribution is -0.132. The van der Waals surface area contributed by atoms with E-state index in [0.717, 1.165) is 22.3 Å². The molecule has 11 heteroatoms. The minimum absolute atomic E-state index is 0.0585. The predicted octanol–water partition coefficient (Wildman–Crippen LogP) is 9.58. The van der Waals surface area contributed by atoms with Crippen LogP contribution in [-0.4, -0.2) is 27.0 Å². The van der Waals surface area contributed by atoms with Gasteiger partial charge in [-0.1, -0.05) is 125 Å². The van der Waals surface area contributed by atoms with E-state index in [1.165, 1.54) is 28.0 Å². The van der Waals surface area contributed by atoms with Gasteiger partial charge < -0.3 is 14.6 Å². The highest BCUT2D eigenvalue weighted by atomic mass is 35.5. The number of ether oxygens (including phenoxy) is 2. The van der Waals surface area contributed by atoms with Crippen molar-refractivity contribution in [3.05, 3.63) is 171 Å². The molecular formula is C41H32ClN3O5S2. The highest BCUT2D eigenvalue weighted by Crippen LogP contribution is 2.44. The molecule has 1 N–H and O–H groups in total. The van der Waals surface area contributed by atoms with Gasteiger partial charge in [0.05, 0.1) is 11.6 Å². The number of hydrogen-bond donors (Lipinski definition) is 1. The molecule has 8 nitrogen and oxygen atoms in total. The van der Waals surface area contributed by atoms with Crippen LogP contribution in [0.5, 0.6) is 11.5 Å². The first-order valence-electron chi connectivity index (χ1n) is 16.4. The third-order valence-electron chi connectivity index (χ3n) is 8.42. The van der Waals surface area contributed by atoms with Crippen molar-refractivity contribution in [1.29, 1.82) is 0 Å². The van der Waals surface area contributed by atoms with Crippen molar-refractivity contribution in [2.24, 2.45) is 0 Å². The fraction of sp³-hybridized carbons (Fsp3) is 0.122. The molecule has 0 saturated carbocycles. The number of anilines is 1. The molecule has 5 aromatic carbocycles. The number of benzene rings is 5. The van der Waals surface area contributed by atoms with Crippen LogP contribution in [0.25, 0.3) is 5.76 Å². The van der Waals surface area contributed by atoms with Crippen LogP contribution in [0, 0.1) is 6.92 Å². The van der Waals surface area contributed by atoms with E-state index >= 15 is 0 Å². The molecule has 1 aliphatic heterocycles. The normalized spacial score (nSPS) is 15.2. The van der Waals surface area contributed by atoms with Crippen molar-refractivity contribution in [2.75, 3.05) is 4.90 Å². The molecule has 260 valence electrons. The van der Waals surface area contributed by atoms with Gasteiger partial charge in [0, 0.05) is 16.3 Å². The SMILES string of the molecule is Cc1cccc(COc2ccc(/C(O)=C3\C(=O)C(=O)N(c4nnc(SCc5ccccc5Cl)s4)C3c3ccc(OCc4ccccc4)cc3)cc2)c1. The van der Waals surface area contributed by atoms with Gasteiger partial charge in [0.1, 0.15) is 30.5 Å². The van der Waals surface area contributed by atoms with Gasteiger partial charge in [0.25, 0.3) is 5.78 Å². The Bertz CT molecular complexity index is 2240. The minimum Gasteiger partial charge on any atom is -0.507 e. The highest BCUT2D eigenvalue weighted by molar-refractivity contribution is 8.00. The molecule has 1 fully saturated rings. The molecule has 0 aliphatic carbocycles. The molecule has 1 aliphatic rings. The zero-order chi connectivity index (χ0) is 36.0. The summed E-state index contributed by atoms with van der Waals surface area (Å²) in [5.41, 5.74) is 5.02. The lowest BCUT2D eigenvalue weighted by Crippen LogP contribution is -2.29. The van der Waals surface area contributed by atoms with Crippen LogP contribution < -0.4 is 14.4 Å². The van der Waals surface area contributed by atoms with Crippen LogP contribution in [0.4, 0.5) is 5.13 Å². The number of aromatic nitrogens is 2. The molecule has 1 aromatic heterocycles. The van der Waals surface area contributed by atoms with Crippen LogP contribution in [-0.2, 0) is 28.6 Å². The van der Waals surface area contributed by atoms with Gasteiger partial charge in [0.2, 0.25) is 5.13 Å². The zero-order valence-corrected chi connectivity index (χ0v) is 30.3. The van der Waals surface area contributed by atoms with E-state index in [4.69, 9.17) is 21.1 Å². The van der Waals surface area contributed by atoms with E-state index in [1.807, 2.05) is 79.7 Å². The number of Topliss-reactive ketones (excluding diaryl/α,β-unsaturated/α-hetero) is 1. The number of aliphatic hydroxyl groups excluding tert-OH is 1. The topological polar surface area (TPSA) is 102 Å². The zero-order valence-electron chi connectivity index (χ0n) is 27.9. The Morgan fingerprint density at radius 1 is 0.808 bits per heavy atom. The van der Waals surface area contributed by atoms with Crippen LogP contribution in [0.3, 0.4) is 0 Å². The van der Waals surface area contributed by atoms with E-state index in [2.05, 4.69) is 16.3 Å². The Balaban J connectivity index is 1.18. The number of aliphatic hydroxyl groups is 1. The molecule has 6 aromatic rings. The van der Waals surface area contributed by atoms with Gasteiger partial charge in [0.15, 0.2) is 4.34 Å². The third-order valence-corrected chi connectivity index (χ3v) is 10.9. The predicted molar refractivity (Wildman–Crippen MR) is 205 cm³/mol. The first-order valence-corrected chi connectivity index (χ1v) is 18.6. The Morgan fingerprint density at radius 2 is 1.46 bits per heavy atom. The van der Waals surface area contributed by atoms with Gasteiger partial charge in [-0.15, -0.1) is 10.2 Å². The maximum atomic E-state index is 13.8. The molecular weight excluding hydrogens is 714 g/mol. The average molecular weight is 746 g/mol. The van der Waals surface area contributed by atoms with Crippen molar-refractivity contribution in [3.63, 3.8) is 0 Å². The van der Waals surface area contributed by atoms with Crippen molar-refractivity contribution in [2.45, 2.75) is 36.3 Å². The second-order valence-electron chi connectivity index (χ2n) is 12.0. The summed E-state index contributed by atoms with van der Waals surface area (Å²) in [6.07, 6.45) is 0. The third kappa shape index (κ3) is 7.89. The molecule has 52 heavy (non-hydrogen) atoms. The van der Waals surface area contributed by atoms with E-state index in [0.29, 0.717) is 51.0 Å². The largest absolute Gasteiger partial charge is 0.507 e. The van der Waals surface area contributed by atoms with Crippen molar-refractivity contribution >= 4 is 57.3 Å². The Hall–Kier alpha value is -5.42. The summed E-state index contributed by atoms with van der Waals surface area (Å²) < 4.78 is 12.6. The second kappa shape index (κ2) is 15.9. The molecule has 0 spiro atoms. The Kier molecular flexibility index (Phi) is 10.7. The number of hydrogen-bond acceptors (Lipinski definition) is 9. The lowest BCUT2D eigenvalue weighted by Gasteiger charge is -2.22. The molecule has 1 saturated heterocycles. The smallest absolute Gasteiger partial charge is 0.301 e. The first-order chi connectivity index (χ1) is 25.3. The summed E-state index contributed by atoms with van der Waals surface area (Å²) in [7, 11) is 0. The van der Waals surface area contributed by atoms with Gasteiger partial charge in [-0.25, -0.2) is 0 Å². The van der Waals surface area contributed by atoms with Gasteiger partial charge in [-0.3, -0.25) is 14.5 Å². The molecule has 7 rings (SSSR count). The van der Waals surface area contributed by atoms with Crippen molar-refractivity contribution < 1.29 is 24.2 Å². The number of carbonyl (C=O) groups excluding carboxylic acids is 2. The molecule has 0 bridgehead atoms. The summed E-state index contributed by atoms with van der Waals surface area (Å²) in [5.74, 6) is -0.193. The van der Waals surface area contributed by atoms with Crippen molar-refractivity contribution in [1.82, 2.24) is 10.2 Å². The maximum Gasteiger partial charge on any atom is 0.301 e. The quantitative estimate of drug-likeness (QED) is 0.0435. The fourth-order valence-corrected chi connectivity index (χ4v) is 7.93. The average Bonchev–Trinajstić information content (AvgIpc) is 3.74. The number of ketones is 1. The van der Waals surface area contributed by atoms with Gasteiger partial charge in [-0.2, -0.15) is 0 Å². The van der Waals surface area contributed by atoms with Crippen LogP contribution in [0.2, 0.25) is 5.02 Å². The minimum atomic E-state index is -0.977. The van der Waals surface area contributed by atoms with Crippen LogP contribution in [0.1, 0.15) is 39.4 Å². The number of halogens is 1. The molecule has 1 atom stereocenters. The summed E-state index contributed by atoms with van der Waals surface area (Å²) >= 11 is 8.97. The van der Waals surface area contributed by atoms with Gasteiger partial charge >= 0.3 is 5.91 Å². The standard InChI is InChI=1S/C41H32ClN3O5S2/c1-26-8-7-11-28(22-26)24-50-33-20-16-30(17-21-33)37(46)35-36(29-14-18-32(19-15-29)49-23-27-9-3-2-4-10-27)45(39(48)38(35)47)40-43-44-41(52-40)51-25-31-12-5-6-13-34(31)42/h2-22,36,46H,23-25H2,1H3/b37-35+. The number of nitrogens with zero attached hydrogens (tertiary/aromatic N) is 3. The maximum absolute atomic E-state index is 13.8. The number of carbonyl (C=O) groups is 2. The molecule has 1 unspecified atom stereocenters. The van der Waals surface area contributed by atoms with Gasteiger partial charge in [-0.05, 0) is 71.6 Å². The number of aryl methyl sites for hydroxylation is 1. The Labute approximate surface area is 314 Å². The van der Waals surface area contributed by atoms with Crippen molar-refractivity contribution in [3.8, 4) is 11.5 Å². The lowest BCUT2D eigenvalue weighted by atomic mass is 9.95. The summed E-state index contributed by atoms with van der Waals surface area (Å²) in [4.78, 5) is 28.9. The molecule has 0 radical (unpaired) electrons. The summed E-state index contributed by atoms with van der Waals surface area (Å²) in [6, 6.07) is 38.3. The number of amides is 1. The summed E-state index contributed by atoms with van der Waals surface area (Å²) in [6.45, 7) is 2.78. The molecule has 2 heterocycles. The van der Waals surface area contributed by atoms with Crippen LogP contribution >= 0.6 is 34.7 Å². The number of rotatable bonds is 12. The van der Waals surface area contributed by atoms with E-state index < -0.39 is 17.7 Å². The molecule has 1 amide bonds. The fourth-order valence-electron chi connectivity index (χ4n) is 5.78.